The van der Waals surface area contributed by atoms with E-state index in [0.29, 0.717) is 39.0 Å². The third kappa shape index (κ3) is 15.8. The normalized spacial score (nSPS) is 12.9. The van der Waals surface area contributed by atoms with Gasteiger partial charge in [0.25, 0.3) is 0 Å². The topological polar surface area (TPSA) is 19.4 Å². The van der Waals surface area contributed by atoms with Crippen molar-refractivity contribution in [1.29, 1.82) is 0 Å². The molecule has 0 atom stereocenters. The fourth-order valence-corrected chi connectivity index (χ4v) is 9.28. The van der Waals surface area contributed by atoms with E-state index in [0.717, 1.165) is 0 Å². The zero-order valence-electron chi connectivity index (χ0n) is 36.0. The van der Waals surface area contributed by atoms with Gasteiger partial charge in [0, 0.05) is 23.8 Å². The number of aromatic nitrogens is 1. The van der Waals surface area contributed by atoms with Gasteiger partial charge in [-0.15, -0.1) is 6.67 Å². The molecule has 2 heterocycles. The number of rotatable bonds is 22. The molecule has 57 heavy (non-hydrogen) atoms. The number of hydrogen-bond acceptors (Lipinski definition) is 3. The summed E-state index contributed by atoms with van der Waals surface area (Å²) in [6.45, 7) is 20.8. The van der Waals surface area contributed by atoms with Crippen LogP contribution >= 0.6 is 53.9 Å². The van der Waals surface area contributed by atoms with E-state index in [-0.39, 0.29) is 15.9 Å². The number of halogens is 5. The van der Waals surface area contributed by atoms with Crippen LogP contribution in [0.4, 0.5) is 11.4 Å². The average molecular weight is 974 g/mol. The Morgan fingerprint density at radius 1 is 0.491 bits per heavy atom. The van der Waals surface area contributed by atoms with Crippen LogP contribution in [0.1, 0.15) is 204 Å². The first-order chi connectivity index (χ1) is 27.7. The van der Waals surface area contributed by atoms with E-state index in [2.05, 4.69) is 113 Å². The maximum absolute atomic E-state index is 7.48. The Hall–Kier alpha value is -0.958. The number of pyridine rings is 1. The van der Waals surface area contributed by atoms with Gasteiger partial charge in [-0.3, -0.25) is 4.98 Å². The number of para-hydroxylation sites is 2. The van der Waals surface area contributed by atoms with Crippen LogP contribution in [-0.4, -0.2) is 4.98 Å². The van der Waals surface area contributed by atoms with Crippen LogP contribution in [0.2, 0.25) is 5.02 Å². The molecular formula is C48H71Cl5N3Pd-. The van der Waals surface area contributed by atoms with Crippen molar-refractivity contribution >= 4 is 65.2 Å². The molecule has 0 amide bonds. The molecule has 3 aromatic rings. The molecule has 0 N–H and O–H groups in total. The Balaban J connectivity index is 0.000000982. The molecule has 0 saturated carbocycles. The van der Waals surface area contributed by atoms with Gasteiger partial charge in [0.05, 0.1) is 5.02 Å². The summed E-state index contributed by atoms with van der Waals surface area (Å²) in [5.74, 6) is 1.98. The first kappa shape index (κ1) is 52.2. The van der Waals surface area contributed by atoms with E-state index in [1.807, 2.05) is 0 Å². The summed E-state index contributed by atoms with van der Waals surface area (Å²) >= 11 is 20.3. The Kier molecular flexibility index (Phi) is 27.6. The van der Waals surface area contributed by atoms with E-state index >= 15 is 0 Å². The monoisotopic (exact) mass is 970 g/mol. The van der Waals surface area contributed by atoms with Crippen molar-refractivity contribution in [3.8, 4) is 0 Å². The molecule has 0 bridgehead atoms. The molecule has 0 spiro atoms. The number of benzene rings is 2. The minimum atomic E-state index is -0.106. The summed E-state index contributed by atoms with van der Waals surface area (Å²) < 4.78 is 0. The molecule has 3 nitrogen and oxygen atoms in total. The van der Waals surface area contributed by atoms with Crippen LogP contribution < -0.4 is 9.80 Å². The molecule has 1 aromatic heterocycles. The molecule has 9 heteroatoms. The van der Waals surface area contributed by atoms with Gasteiger partial charge in [0.15, 0.2) is 0 Å². The molecular weight excluding hydrogens is 902 g/mol. The van der Waals surface area contributed by atoms with Crippen LogP contribution in [0.3, 0.4) is 0 Å². The van der Waals surface area contributed by atoms with Gasteiger partial charge in [-0.1, -0.05) is 178 Å². The van der Waals surface area contributed by atoms with Gasteiger partial charge >= 0.3 is 35.0 Å². The summed E-state index contributed by atoms with van der Waals surface area (Å²) in [6, 6.07) is 17.7. The third-order valence-corrected chi connectivity index (χ3v) is 12.0. The van der Waals surface area contributed by atoms with Crippen LogP contribution in [0.25, 0.3) is 0 Å². The van der Waals surface area contributed by atoms with Crippen LogP contribution in [0.5, 0.6) is 0 Å². The standard InChI is InChI=1S/C43H67Cl2N2.C5H4ClN.2ClH.Pd/c1-9-19-32(20-10-2)36-27-17-28-37(33(21-11-3)22-12-4)40(36)46-31-47(43(45)42(46)44)41-38(34(23-13-5)24-14-6)29-18-30-39(41)35(25-15-7)26-16-8;6-5-2-1-3-7-4-5;;;/h17-18,27-35H,9-16,19-26H2,1-8H3;1-4H;2*1H;/q-1;;;;+2/p-2. The molecule has 324 valence electrons. The van der Waals surface area contributed by atoms with Crippen molar-refractivity contribution < 1.29 is 15.9 Å². The molecule has 4 rings (SSSR count). The van der Waals surface area contributed by atoms with E-state index in [4.69, 9.17) is 53.9 Å². The predicted molar refractivity (Wildman–Crippen MR) is 252 cm³/mol. The zero-order chi connectivity index (χ0) is 42.2. The Morgan fingerprint density at radius 3 is 0.965 bits per heavy atom. The van der Waals surface area contributed by atoms with E-state index in [1.54, 1.807) is 24.5 Å². The van der Waals surface area contributed by atoms with Gasteiger partial charge in [-0.2, -0.15) is 0 Å². The maximum atomic E-state index is 7.48. The second-order valence-corrected chi connectivity index (χ2v) is 18.8. The summed E-state index contributed by atoms with van der Waals surface area (Å²) in [5.41, 5.74) is 8.30. The van der Waals surface area contributed by atoms with E-state index in [1.165, 1.54) is 136 Å². The SMILES string of the molecule is CCCC(CCC)c1cccc(C(CCC)CCC)c1N1[CH-]N(c2c(C(CCC)CCC)cccc2C(CCC)CCC)C(Cl)=C1Cl.Clc1cccnc1.[Cl][Pd][Cl]. The van der Waals surface area contributed by atoms with Gasteiger partial charge in [-0.25, -0.2) is 0 Å². The van der Waals surface area contributed by atoms with Gasteiger partial charge in [0.2, 0.25) is 0 Å². The second-order valence-electron chi connectivity index (χ2n) is 15.3. The fraction of sp³-hybridized carbons (Fsp3) is 0.583. The van der Waals surface area contributed by atoms with Crippen molar-refractivity contribution in [2.24, 2.45) is 0 Å². The number of hydrogen-bond donors (Lipinski definition) is 0. The van der Waals surface area contributed by atoms with Gasteiger partial charge in [-0.05, 0) is 109 Å². The molecule has 0 unspecified atom stereocenters. The van der Waals surface area contributed by atoms with Crippen molar-refractivity contribution in [3.05, 3.63) is 105 Å². The van der Waals surface area contributed by atoms with E-state index < -0.39 is 0 Å². The first-order valence-corrected chi connectivity index (χ1v) is 26.9. The molecule has 1 aliphatic heterocycles. The molecule has 0 radical (unpaired) electrons. The summed E-state index contributed by atoms with van der Waals surface area (Å²) in [4.78, 5) is 8.33. The number of nitrogens with zero attached hydrogens (tertiary/aromatic N) is 3. The summed E-state index contributed by atoms with van der Waals surface area (Å²) in [7, 11) is 9.63. The molecule has 0 fully saturated rings. The van der Waals surface area contributed by atoms with Crippen molar-refractivity contribution in [2.45, 2.75) is 182 Å². The second kappa shape index (κ2) is 30.1. The third-order valence-electron chi connectivity index (χ3n) is 11.0. The summed E-state index contributed by atoms with van der Waals surface area (Å²) in [5, 5.41) is 1.94. The van der Waals surface area contributed by atoms with Crippen molar-refractivity contribution in [3.63, 3.8) is 0 Å². The average Bonchev–Trinajstić information content (AvgIpc) is 3.50. The molecule has 0 saturated heterocycles. The van der Waals surface area contributed by atoms with Crippen LogP contribution in [-0.2, 0) is 15.9 Å². The minimum absolute atomic E-state index is 0.106. The predicted octanol–water partition coefficient (Wildman–Crippen LogP) is 18.6. The van der Waals surface area contributed by atoms with Crippen molar-refractivity contribution in [1.82, 2.24) is 4.98 Å². The van der Waals surface area contributed by atoms with Gasteiger partial charge < -0.3 is 9.80 Å². The van der Waals surface area contributed by atoms with E-state index in [9.17, 15) is 0 Å². The van der Waals surface area contributed by atoms with Gasteiger partial charge in [0.1, 0.15) is 10.3 Å². The Bertz CT molecular complexity index is 1370. The van der Waals surface area contributed by atoms with Crippen molar-refractivity contribution in [2.75, 3.05) is 9.80 Å². The molecule has 0 aliphatic carbocycles. The quantitative estimate of drug-likeness (QED) is 0.0568. The number of anilines is 2. The summed E-state index contributed by atoms with van der Waals surface area (Å²) in [6.07, 6.45) is 22.1. The van der Waals surface area contributed by atoms with Crippen LogP contribution in [0.15, 0.2) is 71.2 Å². The molecule has 2 aromatic carbocycles. The first-order valence-electron chi connectivity index (χ1n) is 21.8. The Morgan fingerprint density at radius 2 is 0.772 bits per heavy atom. The zero-order valence-corrected chi connectivity index (χ0v) is 41.4. The molecule has 1 aliphatic rings. The fourth-order valence-electron chi connectivity index (χ4n) is 8.71. The Labute approximate surface area is 380 Å². The van der Waals surface area contributed by atoms with Crippen LogP contribution in [0, 0.1) is 6.67 Å².